The highest BCUT2D eigenvalue weighted by molar-refractivity contribution is 5.42. The summed E-state index contributed by atoms with van der Waals surface area (Å²) in [6.45, 7) is 0. The van der Waals surface area contributed by atoms with E-state index < -0.39 is 11.8 Å². The van der Waals surface area contributed by atoms with Gasteiger partial charge in [0, 0.05) is 20.2 Å². The predicted octanol–water partition coefficient (Wildman–Crippen LogP) is -0.815. The number of methoxy groups -OCH3 is 1. The standard InChI is InChI=1S/C10H13N5O3/c1-14-5-6(4-12-14)15-8(16)3-7(11)9(13-15)10(17)18-2/h3-5,10,17H,11H2,1-2H3. The van der Waals surface area contributed by atoms with Crippen molar-refractivity contribution in [2.45, 2.75) is 6.29 Å². The van der Waals surface area contributed by atoms with E-state index in [1.165, 1.54) is 24.1 Å². The molecule has 2 heterocycles. The van der Waals surface area contributed by atoms with Crippen LogP contribution in [0.5, 0.6) is 0 Å². The highest BCUT2D eigenvalue weighted by Gasteiger charge is 2.15. The molecule has 18 heavy (non-hydrogen) atoms. The molecule has 2 rings (SSSR count). The SMILES string of the molecule is COC(O)c1nn(-c2cnn(C)c2)c(=O)cc1N. The minimum atomic E-state index is -1.28. The molecule has 2 aromatic rings. The van der Waals surface area contributed by atoms with E-state index in [9.17, 15) is 9.90 Å². The Hall–Kier alpha value is -2.19. The van der Waals surface area contributed by atoms with Gasteiger partial charge in [0.1, 0.15) is 11.4 Å². The molecule has 3 N–H and O–H groups in total. The molecule has 2 aromatic heterocycles. The molecular weight excluding hydrogens is 238 g/mol. The van der Waals surface area contributed by atoms with Gasteiger partial charge < -0.3 is 15.6 Å². The Bertz CT molecular complexity index is 618. The lowest BCUT2D eigenvalue weighted by atomic mass is 10.3. The Labute approximate surface area is 102 Å². The summed E-state index contributed by atoms with van der Waals surface area (Å²) in [5.41, 5.74) is 5.84. The van der Waals surface area contributed by atoms with Crippen LogP contribution in [0.2, 0.25) is 0 Å². The number of hydrogen-bond donors (Lipinski definition) is 2. The van der Waals surface area contributed by atoms with Crippen molar-refractivity contribution in [2.75, 3.05) is 12.8 Å². The quantitative estimate of drug-likeness (QED) is 0.690. The zero-order chi connectivity index (χ0) is 13.3. The molecule has 0 saturated heterocycles. The topological polar surface area (TPSA) is 108 Å². The Kier molecular flexibility index (Phi) is 3.13. The van der Waals surface area contributed by atoms with Gasteiger partial charge in [-0.1, -0.05) is 0 Å². The number of anilines is 1. The first-order valence-corrected chi connectivity index (χ1v) is 5.12. The molecule has 0 bridgehead atoms. The second-order valence-corrected chi connectivity index (χ2v) is 3.70. The number of aryl methyl sites for hydroxylation is 1. The molecule has 0 radical (unpaired) electrons. The molecule has 0 aromatic carbocycles. The number of aliphatic hydroxyl groups is 1. The third-order valence-electron chi connectivity index (χ3n) is 2.38. The Morgan fingerprint density at radius 2 is 2.28 bits per heavy atom. The number of rotatable bonds is 3. The smallest absolute Gasteiger partial charge is 0.273 e. The third kappa shape index (κ3) is 2.11. The van der Waals surface area contributed by atoms with Crippen molar-refractivity contribution in [3.8, 4) is 5.69 Å². The van der Waals surface area contributed by atoms with Gasteiger partial charge in [0.25, 0.3) is 5.56 Å². The van der Waals surface area contributed by atoms with Gasteiger partial charge in [0.2, 0.25) is 6.29 Å². The number of nitrogens with zero attached hydrogens (tertiary/aromatic N) is 4. The van der Waals surface area contributed by atoms with Gasteiger partial charge >= 0.3 is 0 Å². The lowest BCUT2D eigenvalue weighted by Crippen LogP contribution is -2.24. The molecule has 0 aliphatic rings. The molecule has 0 amide bonds. The minimum Gasteiger partial charge on any atom is -0.397 e. The van der Waals surface area contributed by atoms with Gasteiger partial charge in [-0.15, -0.1) is 0 Å². The van der Waals surface area contributed by atoms with Crippen molar-refractivity contribution in [3.05, 3.63) is 34.5 Å². The van der Waals surface area contributed by atoms with Crippen LogP contribution in [0.3, 0.4) is 0 Å². The molecule has 8 nitrogen and oxygen atoms in total. The van der Waals surface area contributed by atoms with Crippen LogP contribution in [0, 0.1) is 0 Å². The summed E-state index contributed by atoms with van der Waals surface area (Å²) in [5, 5.41) is 17.5. The normalized spacial score (nSPS) is 12.6. The van der Waals surface area contributed by atoms with E-state index in [1.807, 2.05) is 0 Å². The summed E-state index contributed by atoms with van der Waals surface area (Å²) < 4.78 is 7.36. The van der Waals surface area contributed by atoms with Crippen LogP contribution in [0.15, 0.2) is 23.3 Å². The zero-order valence-electron chi connectivity index (χ0n) is 9.94. The number of ether oxygens (including phenoxy) is 1. The second-order valence-electron chi connectivity index (χ2n) is 3.70. The van der Waals surface area contributed by atoms with E-state index in [-0.39, 0.29) is 11.4 Å². The van der Waals surface area contributed by atoms with Gasteiger partial charge in [0.05, 0.1) is 18.1 Å². The zero-order valence-corrected chi connectivity index (χ0v) is 9.94. The molecule has 0 saturated carbocycles. The molecule has 1 unspecified atom stereocenters. The van der Waals surface area contributed by atoms with Gasteiger partial charge in [-0.2, -0.15) is 14.9 Å². The lowest BCUT2D eigenvalue weighted by Gasteiger charge is -2.11. The van der Waals surface area contributed by atoms with Crippen molar-refractivity contribution in [2.24, 2.45) is 7.05 Å². The summed E-state index contributed by atoms with van der Waals surface area (Å²) in [7, 11) is 3.03. The summed E-state index contributed by atoms with van der Waals surface area (Å²) >= 11 is 0. The average Bonchev–Trinajstić information content (AvgIpc) is 2.75. The monoisotopic (exact) mass is 251 g/mol. The molecule has 0 fully saturated rings. The number of nitrogens with two attached hydrogens (primary N) is 1. The molecule has 0 aliphatic heterocycles. The fourth-order valence-corrected chi connectivity index (χ4v) is 1.49. The van der Waals surface area contributed by atoms with E-state index in [0.717, 1.165) is 4.68 Å². The van der Waals surface area contributed by atoms with Crippen LogP contribution in [0.1, 0.15) is 12.0 Å². The van der Waals surface area contributed by atoms with Crippen molar-refractivity contribution in [3.63, 3.8) is 0 Å². The fraction of sp³-hybridized carbons (Fsp3) is 0.300. The van der Waals surface area contributed by atoms with Gasteiger partial charge in [-0.05, 0) is 0 Å². The van der Waals surface area contributed by atoms with E-state index >= 15 is 0 Å². The van der Waals surface area contributed by atoms with Crippen LogP contribution < -0.4 is 11.3 Å². The second kappa shape index (κ2) is 4.59. The number of aromatic nitrogens is 4. The van der Waals surface area contributed by atoms with Crippen LogP contribution in [0.25, 0.3) is 5.69 Å². The summed E-state index contributed by atoms with van der Waals surface area (Å²) in [6, 6.07) is 1.18. The van der Waals surface area contributed by atoms with Crippen LogP contribution >= 0.6 is 0 Å². The van der Waals surface area contributed by atoms with Crippen molar-refractivity contribution in [1.29, 1.82) is 0 Å². The Morgan fingerprint density at radius 1 is 1.56 bits per heavy atom. The van der Waals surface area contributed by atoms with Gasteiger partial charge in [-0.25, -0.2) is 0 Å². The minimum absolute atomic E-state index is 0.0782. The van der Waals surface area contributed by atoms with Gasteiger partial charge in [0.15, 0.2) is 0 Å². The lowest BCUT2D eigenvalue weighted by molar-refractivity contribution is -0.0801. The molecule has 0 spiro atoms. The summed E-state index contributed by atoms with van der Waals surface area (Å²) in [5.74, 6) is 0. The molecule has 0 aliphatic carbocycles. The molecular formula is C10H13N5O3. The maximum Gasteiger partial charge on any atom is 0.273 e. The first-order chi connectivity index (χ1) is 8.52. The predicted molar refractivity (Wildman–Crippen MR) is 63.0 cm³/mol. The number of hydrogen-bond acceptors (Lipinski definition) is 6. The van der Waals surface area contributed by atoms with E-state index in [4.69, 9.17) is 10.5 Å². The Morgan fingerprint density at radius 3 is 2.83 bits per heavy atom. The highest BCUT2D eigenvalue weighted by atomic mass is 16.6. The van der Waals surface area contributed by atoms with E-state index in [2.05, 4.69) is 10.2 Å². The first kappa shape index (κ1) is 12.3. The molecule has 96 valence electrons. The average molecular weight is 251 g/mol. The maximum absolute atomic E-state index is 11.8. The molecule has 8 heteroatoms. The first-order valence-electron chi connectivity index (χ1n) is 5.12. The fourth-order valence-electron chi connectivity index (χ4n) is 1.49. The van der Waals surface area contributed by atoms with Crippen LogP contribution in [-0.2, 0) is 11.8 Å². The maximum atomic E-state index is 11.8. The largest absolute Gasteiger partial charge is 0.397 e. The van der Waals surface area contributed by atoms with E-state index in [0.29, 0.717) is 5.69 Å². The van der Waals surface area contributed by atoms with Crippen molar-refractivity contribution in [1.82, 2.24) is 19.6 Å². The van der Waals surface area contributed by atoms with E-state index in [1.54, 1.807) is 13.2 Å². The van der Waals surface area contributed by atoms with Crippen molar-refractivity contribution >= 4 is 5.69 Å². The highest BCUT2D eigenvalue weighted by Crippen LogP contribution is 2.16. The van der Waals surface area contributed by atoms with Crippen molar-refractivity contribution < 1.29 is 9.84 Å². The number of nitrogen functional groups attached to an aromatic ring is 1. The summed E-state index contributed by atoms with van der Waals surface area (Å²) in [6.07, 6.45) is 1.81. The molecule has 1 atom stereocenters. The number of aliphatic hydroxyl groups excluding tert-OH is 1. The van der Waals surface area contributed by atoms with Crippen LogP contribution in [0.4, 0.5) is 5.69 Å². The van der Waals surface area contributed by atoms with Crippen LogP contribution in [-0.4, -0.2) is 31.8 Å². The Balaban J connectivity index is 2.58. The third-order valence-corrected chi connectivity index (χ3v) is 2.38. The van der Waals surface area contributed by atoms with Gasteiger partial charge in [-0.3, -0.25) is 9.48 Å². The summed E-state index contributed by atoms with van der Waals surface area (Å²) in [4.78, 5) is 11.8.